The van der Waals surface area contributed by atoms with Crippen LogP contribution in [-0.2, 0) is 39.3 Å². The van der Waals surface area contributed by atoms with Crippen LogP contribution in [0, 0.1) is 13.0 Å². The van der Waals surface area contributed by atoms with Crippen molar-refractivity contribution in [1.82, 2.24) is 5.43 Å². The fourth-order valence-electron chi connectivity index (χ4n) is 1.10. The quantitative estimate of drug-likeness (QED) is 0.511. The number of nitrogens with one attached hydrogen (secondary N) is 1. The minimum absolute atomic E-state index is 0. The summed E-state index contributed by atoms with van der Waals surface area (Å²) in [6.45, 7) is 6.95. The van der Waals surface area contributed by atoms with Crippen molar-refractivity contribution in [2.45, 2.75) is 33.7 Å². The minimum atomic E-state index is 0. The summed E-state index contributed by atoms with van der Waals surface area (Å²) < 4.78 is 0. The van der Waals surface area contributed by atoms with E-state index < -0.39 is 0 Å². The predicted molar refractivity (Wildman–Crippen MR) is 60.3 cm³/mol. The van der Waals surface area contributed by atoms with Crippen LogP contribution in [0.2, 0.25) is 0 Å². The van der Waals surface area contributed by atoms with Crippen molar-refractivity contribution >= 4 is 5.71 Å². The fraction of sp³-hybridized carbons (Fsp3) is 0.417. The molecule has 1 N–H and O–H groups in total. The second-order valence-corrected chi connectivity index (χ2v) is 3.42. The number of hydrogen-bond donors (Lipinski definition) is 1. The summed E-state index contributed by atoms with van der Waals surface area (Å²) in [6.07, 6.45) is 0.995. The first kappa shape index (κ1) is 14.8. The third kappa shape index (κ3) is 6.06. The summed E-state index contributed by atoms with van der Waals surface area (Å²) in [7, 11) is 0. The van der Waals surface area contributed by atoms with E-state index in [2.05, 4.69) is 35.7 Å². The predicted octanol–water partition coefficient (Wildman–Crippen LogP) is 2.67. The van der Waals surface area contributed by atoms with Gasteiger partial charge in [-0.25, -0.2) is 0 Å². The second kappa shape index (κ2) is 8.01. The van der Waals surface area contributed by atoms with Crippen LogP contribution in [0.15, 0.2) is 23.3 Å². The monoisotopic (exact) mass is 278 g/mol. The van der Waals surface area contributed by atoms with Gasteiger partial charge in [0.1, 0.15) is 0 Å². The van der Waals surface area contributed by atoms with Crippen molar-refractivity contribution in [2.75, 3.05) is 0 Å². The van der Waals surface area contributed by atoms with Crippen molar-refractivity contribution in [1.29, 1.82) is 0 Å². The number of hydrogen-bond acceptors (Lipinski definition) is 2. The fourth-order valence-corrected chi connectivity index (χ4v) is 1.10. The van der Waals surface area contributed by atoms with Crippen LogP contribution in [0.4, 0.5) is 0 Å². The number of hydrazone groups is 1. The molecule has 0 spiro atoms. The number of rotatable bonds is 4. The van der Waals surface area contributed by atoms with Crippen LogP contribution in [0.25, 0.3) is 0 Å². The molecule has 79 valence electrons. The first-order chi connectivity index (χ1) is 6.72. The Morgan fingerprint density at radius 2 is 2.27 bits per heavy atom. The average molecular weight is 278 g/mol. The molecular weight excluding hydrogens is 261 g/mol. The van der Waals surface area contributed by atoms with Gasteiger partial charge in [-0.3, -0.25) is 0 Å². The Labute approximate surface area is 117 Å². The molecule has 1 aromatic carbocycles. The normalized spacial score (nSPS) is 10.7. The zero-order chi connectivity index (χ0) is 10.4. The molecule has 2 nitrogen and oxygen atoms in total. The minimum Gasteiger partial charge on any atom is -0.308 e. The van der Waals surface area contributed by atoms with E-state index in [0.717, 1.165) is 18.7 Å². The molecule has 3 heteroatoms. The van der Waals surface area contributed by atoms with E-state index in [9.17, 15) is 0 Å². The van der Waals surface area contributed by atoms with E-state index >= 15 is 0 Å². The van der Waals surface area contributed by atoms with Gasteiger partial charge in [0.15, 0.2) is 0 Å². The topological polar surface area (TPSA) is 24.4 Å². The standard InChI is InChI=1S/C12H17N2.Y/c1-4-11(3)14-13-9-12-7-5-6-10(2)8-12;/h5,7-8,13H,4,9H2,1-3H3;/q-1;/b14-11+;. The maximum Gasteiger partial charge on any atom is 0.0359 e. The van der Waals surface area contributed by atoms with E-state index in [4.69, 9.17) is 0 Å². The second-order valence-electron chi connectivity index (χ2n) is 3.42. The van der Waals surface area contributed by atoms with Crippen molar-refractivity contribution in [2.24, 2.45) is 5.10 Å². The van der Waals surface area contributed by atoms with E-state index in [1.54, 1.807) is 0 Å². The van der Waals surface area contributed by atoms with Gasteiger partial charge in [-0.1, -0.05) is 13.8 Å². The summed E-state index contributed by atoms with van der Waals surface area (Å²) in [5, 5.41) is 4.22. The molecule has 1 rings (SSSR count). The molecule has 0 saturated carbocycles. The zero-order valence-electron chi connectivity index (χ0n) is 9.67. The molecule has 0 fully saturated rings. The zero-order valence-corrected chi connectivity index (χ0v) is 12.5. The number of nitrogens with zero attached hydrogens (tertiary/aromatic N) is 1. The number of benzene rings is 1. The third-order valence-electron chi connectivity index (χ3n) is 2.08. The van der Waals surface area contributed by atoms with E-state index in [1.807, 2.05) is 19.9 Å². The Bertz CT molecular complexity index is 321. The molecule has 0 aromatic heterocycles. The van der Waals surface area contributed by atoms with Crippen LogP contribution in [0.3, 0.4) is 0 Å². The maximum absolute atomic E-state index is 4.22. The molecule has 0 saturated heterocycles. The van der Waals surface area contributed by atoms with Gasteiger partial charge in [0.25, 0.3) is 0 Å². The SMILES string of the molecule is CC/C(C)=N/NCc1cc[c-]c(C)c1.[Y]. The summed E-state index contributed by atoms with van der Waals surface area (Å²) in [5.41, 5.74) is 6.59. The van der Waals surface area contributed by atoms with Crippen molar-refractivity contribution in [3.05, 3.63) is 35.4 Å². The molecule has 0 unspecified atom stereocenters. The van der Waals surface area contributed by atoms with E-state index in [-0.39, 0.29) is 32.7 Å². The smallest absolute Gasteiger partial charge is 0.0359 e. The first-order valence-electron chi connectivity index (χ1n) is 4.95. The van der Waals surface area contributed by atoms with Gasteiger partial charge in [0.2, 0.25) is 0 Å². The molecule has 1 radical (unpaired) electrons. The van der Waals surface area contributed by atoms with E-state index in [0.29, 0.717) is 0 Å². The van der Waals surface area contributed by atoms with E-state index in [1.165, 1.54) is 11.1 Å². The number of aryl methyl sites for hydroxylation is 1. The molecule has 0 bridgehead atoms. The summed E-state index contributed by atoms with van der Waals surface area (Å²) >= 11 is 0. The van der Waals surface area contributed by atoms with Crippen molar-refractivity contribution in [3.8, 4) is 0 Å². The van der Waals surface area contributed by atoms with Crippen LogP contribution in [0.5, 0.6) is 0 Å². The Morgan fingerprint density at radius 1 is 1.53 bits per heavy atom. The van der Waals surface area contributed by atoms with Crippen LogP contribution < -0.4 is 5.43 Å². The molecule has 0 aliphatic carbocycles. The van der Waals surface area contributed by atoms with Crippen molar-refractivity contribution in [3.63, 3.8) is 0 Å². The Hall–Kier alpha value is -0.206. The molecule has 15 heavy (non-hydrogen) atoms. The van der Waals surface area contributed by atoms with Crippen LogP contribution in [0.1, 0.15) is 31.4 Å². The molecule has 0 aliphatic rings. The van der Waals surface area contributed by atoms with Gasteiger partial charge in [-0.2, -0.15) is 34.9 Å². The van der Waals surface area contributed by atoms with Gasteiger partial charge in [-0.05, 0) is 13.3 Å². The molecule has 0 heterocycles. The third-order valence-corrected chi connectivity index (χ3v) is 2.08. The van der Waals surface area contributed by atoms with Gasteiger partial charge < -0.3 is 5.43 Å². The molecule has 0 atom stereocenters. The van der Waals surface area contributed by atoms with Crippen LogP contribution >= 0.6 is 0 Å². The van der Waals surface area contributed by atoms with Gasteiger partial charge in [0.05, 0.1) is 0 Å². The maximum atomic E-state index is 4.22. The molecule has 0 aliphatic heterocycles. The van der Waals surface area contributed by atoms with Gasteiger partial charge in [0, 0.05) is 45.0 Å². The van der Waals surface area contributed by atoms with Gasteiger partial charge in [-0.15, -0.1) is 5.56 Å². The van der Waals surface area contributed by atoms with Crippen LogP contribution in [-0.4, -0.2) is 5.71 Å². The summed E-state index contributed by atoms with van der Waals surface area (Å²) in [4.78, 5) is 0. The summed E-state index contributed by atoms with van der Waals surface area (Å²) in [6, 6.07) is 9.23. The van der Waals surface area contributed by atoms with Crippen molar-refractivity contribution < 1.29 is 32.7 Å². The Morgan fingerprint density at radius 3 is 2.87 bits per heavy atom. The average Bonchev–Trinajstić information content (AvgIpc) is 2.17. The van der Waals surface area contributed by atoms with Gasteiger partial charge >= 0.3 is 0 Å². The Kier molecular flexibility index (Phi) is 7.90. The molecular formula is C12H17N2Y-. The first-order valence-corrected chi connectivity index (χ1v) is 4.95. The largest absolute Gasteiger partial charge is 0.308 e. The molecule has 1 aromatic rings. The summed E-state index contributed by atoms with van der Waals surface area (Å²) in [5.74, 6) is 0. The molecule has 0 amide bonds. The Balaban J connectivity index is 0.00000196.